The quantitative estimate of drug-likeness (QED) is 0.761. The number of carbonyl (C=O) groups excluding carboxylic acids is 1. The van der Waals surface area contributed by atoms with Crippen LogP contribution >= 0.6 is 0 Å². The number of nitrogens with zero attached hydrogens (tertiary/aromatic N) is 2. The second kappa shape index (κ2) is 9.45. The third kappa shape index (κ3) is 4.91. The molecule has 30 heavy (non-hydrogen) atoms. The van der Waals surface area contributed by atoms with Crippen LogP contribution in [0.25, 0.3) is 0 Å². The predicted octanol–water partition coefficient (Wildman–Crippen LogP) is 2.28. The monoisotopic (exact) mass is 410 g/mol. The fraction of sp³-hybridized carbons (Fsp3) is 0.478. The largest absolute Gasteiger partial charge is 0.484 e. The summed E-state index contributed by atoms with van der Waals surface area (Å²) >= 11 is 0. The lowest BCUT2D eigenvalue weighted by Gasteiger charge is -2.33. The molecule has 2 aliphatic rings. The Bertz CT molecular complexity index is 850. The number of fused-ring (bicyclic) bond motifs is 1. The summed E-state index contributed by atoms with van der Waals surface area (Å²) < 4.78 is 11.8. The number of hydrogen-bond donors (Lipinski definition) is 2. The number of rotatable bonds is 6. The average Bonchev–Trinajstić information content (AvgIpc) is 2.80. The number of carbonyl (C=O) groups is 1. The zero-order chi connectivity index (χ0) is 20.9. The van der Waals surface area contributed by atoms with Gasteiger partial charge in [0.15, 0.2) is 11.9 Å². The lowest BCUT2D eigenvalue weighted by Crippen LogP contribution is -2.49. The van der Waals surface area contributed by atoms with Crippen molar-refractivity contribution in [3.05, 3.63) is 53.7 Å². The van der Waals surface area contributed by atoms with Crippen molar-refractivity contribution >= 4 is 5.91 Å². The van der Waals surface area contributed by atoms with Gasteiger partial charge in [0.1, 0.15) is 6.61 Å². The molecule has 0 saturated carbocycles. The smallest absolute Gasteiger partial charge is 0.257 e. The first-order valence-electron chi connectivity index (χ1n) is 10.7. The highest BCUT2D eigenvalue weighted by atomic mass is 16.6. The van der Waals surface area contributed by atoms with Crippen LogP contribution in [0.4, 0.5) is 0 Å². The van der Waals surface area contributed by atoms with Crippen molar-refractivity contribution in [2.75, 3.05) is 26.7 Å². The second-order valence-electron chi connectivity index (χ2n) is 8.04. The molecule has 0 bridgehead atoms. The molecule has 4 rings (SSSR count). The van der Waals surface area contributed by atoms with Gasteiger partial charge in [-0.25, -0.2) is 4.98 Å². The molecule has 2 unspecified atom stereocenters. The van der Waals surface area contributed by atoms with Crippen molar-refractivity contribution in [2.24, 2.45) is 0 Å². The topological polar surface area (TPSA) is 75.7 Å². The van der Waals surface area contributed by atoms with Crippen LogP contribution in [0.15, 0.2) is 42.6 Å². The molecule has 2 aromatic rings. The van der Waals surface area contributed by atoms with Crippen LogP contribution in [0.3, 0.4) is 0 Å². The highest BCUT2D eigenvalue weighted by Crippen LogP contribution is 2.34. The van der Waals surface area contributed by atoms with E-state index in [4.69, 9.17) is 9.47 Å². The Balaban J connectivity index is 1.26. The number of piperidine rings is 1. The maximum absolute atomic E-state index is 12.0. The number of hydrogen-bond acceptors (Lipinski definition) is 6. The Morgan fingerprint density at radius 2 is 2.00 bits per heavy atom. The van der Waals surface area contributed by atoms with Gasteiger partial charge in [0.2, 0.25) is 5.91 Å². The molecule has 1 saturated heterocycles. The number of likely N-dealkylation sites (tertiary alicyclic amines) is 1. The van der Waals surface area contributed by atoms with Crippen LogP contribution in [-0.4, -0.2) is 54.6 Å². The number of benzene rings is 1. The van der Waals surface area contributed by atoms with Gasteiger partial charge in [-0.15, -0.1) is 0 Å². The van der Waals surface area contributed by atoms with Crippen molar-refractivity contribution in [3.63, 3.8) is 0 Å². The zero-order valence-electron chi connectivity index (χ0n) is 17.6. The first-order valence-corrected chi connectivity index (χ1v) is 10.7. The molecule has 0 aliphatic carbocycles. The predicted molar refractivity (Wildman–Crippen MR) is 115 cm³/mol. The number of aromatic nitrogens is 1. The Labute approximate surface area is 177 Å². The Hall–Kier alpha value is -2.64. The lowest BCUT2D eigenvalue weighted by molar-refractivity contribution is -0.123. The molecule has 7 heteroatoms. The third-order valence-corrected chi connectivity index (χ3v) is 5.90. The van der Waals surface area contributed by atoms with E-state index >= 15 is 0 Å². The van der Waals surface area contributed by atoms with Gasteiger partial charge in [-0.2, -0.15) is 0 Å². The van der Waals surface area contributed by atoms with Crippen LogP contribution in [0.2, 0.25) is 0 Å². The molecule has 0 radical (unpaired) electrons. The maximum Gasteiger partial charge on any atom is 0.257 e. The summed E-state index contributed by atoms with van der Waals surface area (Å²) in [4.78, 5) is 18.7. The van der Waals surface area contributed by atoms with Crippen molar-refractivity contribution in [1.82, 2.24) is 20.5 Å². The van der Waals surface area contributed by atoms with Crippen molar-refractivity contribution in [1.29, 1.82) is 0 Å². The summed E-state index contributed by atoms with van der Waals surface area (Å²) in [5, 5.41) is 6.13. The standard InChI is InChI=1S/C23H30N4O3/c1-16(24-2)22(28)26-19-9-12-27(13-10-19)14-17-5-7-18(8-6-17)21-15-29-20-4-3-11-25-23(20)30-21/h3-8,11,16,19,21,24H,9-10,12-15H2,1-2H3,(H,26,28). The Kier molecular flexibility index (Phi) is 6.50. The van der Waals surface area contributed by atoms with Gasteiger partial charge in [0.05, 0.1) is 6.04 Å². The van der Waals surface area contributed by atoms with E-state index in [-0.39, 0.29) is 24.1 Å². The van der Waals surface area contributed by atoms with Crippen molar-refractivity contribution in [2.45, 2.75) is 44.5 Å². The number of ether oxygens (including phenoxy) is 2. The Morgan fingerprint density at radius 3 is 2.73 bits per heavy atom. The molecule has 1 amide bonds. The summed E-state index contributed by atoms with van der Waals surface area (Å²) in [7, 11) is 1.81. The van der Waals surface area contributed by atoms with Gasteiger partial charge in [0.25, 0.3) is 5.88 Å². The average molecular weight is 411 g/mol. The Morgan fingerprint density at radius 1 is 1.23 bits per heavy atom. The van der Waals surface area contributed by atoms with E-state index in [0.29, 0.717) is 18.2 Å². The highest BCUT2D eigenvalue weighted by molar-refractivity contribution is 5.81. The number of amides is 1. The summed E-state index contributed by atoms with van der Waals surface area (Å²) in [6.45, 7) is 5.27. The van der Waals surface area contributed by atoms with Crippen LogP contribution in [-0.2, 0) is 11.3 Å². The van der Waals surface area contributed by atoms with Crippen molar-refractivity contribution < 1.29 is 14.3 Å². The fourth-order valence-corrected chi connectivity index (χ4v) is 3.86. The van der Waals surface area contributed by atoms with Crippen LogP contribution in [0, 0.1) is 0 Å². The number of nitrogens with one attached hydrogen (secondary N) is 2. The van der Waals surface area contributed by atoms with Gasteiger partial charge in [-0.3, -0.25) is 9.69 Å². The fourth-order valence-electron chi connectivity index (χ4n) is 3.86. The molecular formula is C23H30N4O3. The number of pyridine rings is 1. The number of likely N-dealkylation sites (N-methyl/N-ethyl adjacent to an activating group) is 1. The van der Waals surface area contributed by atoms with Gasteiger partial charge < -0.3 is 20.1 Å². The molecule has 2 aliphatic heterocycles. The SMILES string of the molecule is CNC(C)C(=O)NC1CCN(Cc2ccc(C3COc4cccnc4O3)cc2)CC1. The van der Waals surface area contributed by atoms with Gasteiger partial charge in [0, 0.05) is 31.9 Å². The molecule has 3 heterocycles. The normalized spacial score (nSPS) is 20.5. The highest BCUT2D eigenvalue weighted by Gasteiger charge is 2.24. The molecule has 160 valence electrons. The lowest BCUT2D eigenvalue weighted by atomic mass is 10.0. The molecular weight excluding hydrogens is 380 g/mol. The van der Waals surface area contributed by atoms with Crippen LogP contribution in [0.5, 0.6) is 11.6 Å². The third-order valence-electron chi connectivity index (χ3n) is 5.90. The summed E-state index contributed by atoms with van der Waals surface area (Å²) in [6, 6.07) is 12.4. The molecule has 1 fully saturated rings. The summed E-state index contributed by atoms with van der Waals surface area (Å²) in [6.07, 6.45) is 3.55. The van der Waals surface area contributed by atoms with E-state index in [9.17, 15) is 4.79 Å². The van der Waals surface area contributed by atoms with E-state index in [2.05, 4.69) is 44.8 Å². The minimum Gasteiger partial charge on any atom is -0.484 e. The van der Waals surface area contributed by atoms with Gasteiger partial charge in [-0.05, 0) is 50.1 Å². The van der Waals surface area contributed by atoms with Crippen molar-refractivity contribution in [3.8, 4) is 11.6 Å². The first kappa shape index (κ1) is 20.6. The molecule has 7 nitrogen and oxygen atoms in total. The van der Waals surface area contributed by atoms with E-state index in [1.54, 1.807) is 13.2 Å². The maximum atomic E-state index is 12.0. The van der Waals surface area contributed by atoms with E-state index in [1.807, 2.05) is 19.1 Å². The van der Waals surface area contributed by atoms with Gasteiger partial charge >= 0.3 is 0 Å². The van der Waals surface area contributed by atoms with Gasteiger partial charge in [-0.1, -0.05) is 24.3 Å². The molecule has 0 spiro atoms. The summed E-state index contributed by atoms with van der Waals surface area (Å²) in [5.41, 5.74) is 2.37. The molecule has 2 N–H and O–H groups in total. The first-order chi connectivity index (χ1) is 14.6. The van der Waals surface area contributed by atoms with Crippen LogP contribution < -0.4 is 20.1 Å². The van der Waals surface area contributed by atoms with E-state index in [1.165, 1.54) is 5.56 Å². The van der Waals surface area contributed by atoms with E-state index in [0.717, 1.165) is 38.0 Å². The summed E-state index contributed by atoms with van der Waals surface area (Å²) in [5.74, 6) is 1.33. The minimum absolute atomic E-state index is 0.0817. The molecule has 1 aromatic heterocycles. The van der Waals surface area contributed by atoms with E-state index < -0.39 is 0 Å². The molecule has 1 aromatic carbocycles. The second-order valence-corrected chi connectivity index (χ2v) is 8.04. The van der Waals surface area contributed by atoms with Crippen LogP contribution in [0.1, 0.15) is 37.0 Å². The molecule has 2 atom stereocenters. The zero-order valence-corrected chi connectivity index (χ0v) is 17.6. The minimum atomic E-state index is -0.149.